The average Bonchev–Trinajstić information content (AvgIpc) is 2.82. The van der Waals surface area contributed by atoms with Crippen LogP contribution < -0.4 is 10.2 Å². The van der Waals surface area contributed by atoms with Crippen molar-refractivity contribution in [3.05, 3.63) is 29.3 Å². The molecule has 0 bridgehead atoms. The first-order chi connectivity index (χ1) is 15.9. The molecule has 34 heavy (non-hydrogen) atoms. The molecule has 0 spiro atoms. The molecule has 0 unspecified atom stereocenters. The number of benzodiazepines with no additional fused rings is 1. The third-order valence-corrected chi connectivity index (χ3v) is 5.56. The van der Waals surface area contributed by atoms with Crippen molar-refractivity contribution in [2.75, 3.05) is 18.0 Å². The van der Waals surface area contributed by atoms with Crippen LogP contribution in [0.15, 0.2) is 23.2 Å². The molecule has 1 aliphatic heterocycles. The molecule has 1 aromatic carbocycles. The normalized spacial score (nSPS) is 16.1. The minimum Gasteiger partial charge on any atom is -0.456 e. The van der Waals surface area contributed by atoms with Crippen LogP contribution >= 0.6 is 0 Å². The van der Waals surface area contributed by atoms with Gasteiger partial charge in [0.2, 0.25) is 5.91 Å². The molecule has 1 heterocycles. The maximum absolute atomic E-state index is 13.6. The van der Waals surface area contributed by atoms with E-state index >= 15 is 0 Å². The number of carbonyl (C=O) groups is 3. The molecule has 188 valence electrons. The van der Waals surface area contributed by atoms with E-state index in [-0.39, 0.29) is 24.3 Å². The van der Waals surface area contributed by atoms with Crippen LogP contribution in [0.25, 0.3) is 0 Å². The summed E-state index contributed by atoms with van der Waals surface area (Å²) in [4.78, 5) is 45.3. The molecule has 2 amide bonds. The highest BCUT2D eigenvalue weighted by Gasteiger charge is 2.33. The Kier molecular flexibility index (Phi) is 9.83. The monoisotopic (exact) mass is 471 g/mol. The number of nitrogens with one attached hydrogen (secondary N) is 1. The zero-order chi connectivity index (χ0) is 25.5. The van der Waals surface area contributed by atoms with Gasteiger partial charge in [0.05, 0.1) is 11.3 Å². The number of benzene rings is 1. The summed E-state index contributed by atoms with van der Waals surface area (Å²) in [6.07, 6.45) is 4.81. The molecule has 0 aromatic heterocycles. The summed E-state index contributed by atoms with van der Waals surface area (Å²) >= 11 is 0. The highest BCUT2D eigenvalue weighted by atomic mass is 16.6. The van der Waals surface area contributed by atoms with Crippen molar-refractivity contribution in [3.63, 3.8) is 0 Å². The van der Waals surface area contributed by atoms with Crippen LogP contribution in [0.2, 0.25) is 0 Å². The van der Waals surface area contributed by atoms with Gasteiger partial charge in [0, 0.05) is 17.8 Å². The van der Waals surface area contributed by atoms with Gasteiger partial charge < -0.3 is 15.0 Å². The van der Waals surface area contributed by atoms with Gasteiger partial charge in [-0.15, -0.1) is 0 Å². The first-order valence-corrected chi connectivity index (χ1v) is 12.4. The second-order valence-electron chi connectivity index (χ2n) is 10.4. The molecule has 0 aliphatic carbocycles. The third kappa shape index (κ3) is 7.96. The topological polar surface area (TPSA) is 88.1 Å². The second-order valence-corrected chi connectivity index (χ2v) is 10.4. The molecule has 1 atom stereocenters. The Morgan fingerprint density at radius 2 is 1.88 bits per heavy atom. The standard InChI is InChI=1S/C27H41N3O4/c1-8-9-10-11-14-28-24(31)17-30-23-16-20(26(33)34-27(5,6)7)12-13-21(23)19(4)29-22(25(30)32)15-18(2)3/h12-13,16,18,22H,8-11,14-15,17H2,1-7H3,(H,28,31)/t22-/m1/s1. The van der Waals surface area contributed by atoms with E-state index in [1.807, 2.05) is 41.5 Å². The molecule has 0 saturated carbocycles. The van der Waals surface area contributed by atoms with Gasteiger partial charge in [-0.2, -0.15) is 0 Å². The lowest BCUT2D eigenvalue weighted by molar-refractivity contribution is -0.124. The van der Waals surface area contributed by atoms with Gasteiger partial charge in [-0.1, -0.05) is 46.1 Å². The number of ether oxygens (including phenoxy) is 1. The lowest BCUT2D eigenvalue weighted by Gasteiger charge is -2.26. The van der Waals surface area contributed by atoms with Crippen LogP contribution in [0.4, 0.5) is 5.69 Å². The Morgan fingerprint density at radius 1 is 1.18 bits per heavy atom. The van der Waals surface area contributed by atoms with E-state index in [9.17, 15) is 14.4 Å². The van der Waals surface area contributed by atoms with Crippen LogP contribution in [-0.4, -0.2) is 48.2 Å². The van der Waals surface area contributed by atoms with Crippen LogP contribution in [0.3, 0.4) is 0 Å². The van der Waals surface area contributed by atoms with Gasteiger partial charge in [-0.05, 0) is 58.6 Å². The summed E-state index contributed by atoms with van der Waals surface area (Å²) in [7, 11) is 0. The number of fused-ring (bicyclic) bond motifs is 1. The fourth-order valence-electron chi connectivity index (χ4n) is 3.92. The van der Waals surface area contributed by atoms with Crippen LogP contribution in [-0.2, 0) is 14.3 Å². The summed E-state index contributed by atoms with van der Waals surface area (Å²) in [5.41, 5.74) is 1.66. The zero-order valence-electron chi connectivity index (χ0n) is 21.9. The Morgan fingerprint density at radius 3 is 2.50 bits per heavy atom. The van der Waals surface area contributed by atoms with Crippen molar-refractivity contribution < 1.29 is 19.1 Å². The molecule has 0 radical (unpaired) electrons. The van der Waals surface area contributed by atoms with E-state index < -0.39 is 17.6 Å². The number of unbranched alkanes of at least 4 members (excludes halogenated alkanes) is 3. The summed E-state index contributed by atoms with van der Waals surface area (Å²) in [6, 6.07) is 4.54. The molecular formula is C27H41N3O4. The number of hydrogen-bond donors (Lipinski definition) is 1. The number of amides is 2. The molecular weight excluding hydrogens is 430 g/mol. The second kappa shape index (κ2) is 12.1. The largest absolute Gasteiger partial charge is 0.456 e. The maximum atomic E-state index is 13.6. The summed E-state index contributed by atoms with van der Waals surface area (Å²) in [5, 5.41) is 2.93. The van der Waals surface area contributed by atoms with Crippen LogP contribution in [0, 0.1) is 5.92 Å². The van der Waals surface area contributed by atoms with E-state index in [1.165, 1.54) is 4.90 Å². The smallest absolute Gasteiger partial charge is 0.338 e. The summed E-state index contributed by atoms with van der Waals surface area (Å²) in [6.45, 7) is 14.0. The number of rotatable bonds is 10. The Labute approximate surface area is 204 Å². The first kappa shape index (κ1) is 27.5. The Hall–Kier alpha value is -2.70. The van der Waals surface area contributed by atoms with Crippen LogP contribution in [0.5, 0.6) is 0 Å². The predicted octanol–water partition coefficient (Wildman–Crippen LogP) is 4.91. The van der Waals surface area contributed by atoms with Crippen LogP contribution in [0.1, 0.15) is 96.5 Å². The molecule has 1 aromatic rings. The van der Waals surface area contributed by atoms with E-state index in [2.05, 4.69) is 12.2 Å². The molecule has 0 fully saturated rings. The quantitative estimate of drug-likeness (QED) is 0.388. The van der Waals surface area contributed by atoms with E-state index in [0.29, 0.717) is 29.9 Å². The predicted molar refractivity (Wildman–Crippen MR) is 137 cm³/mol. The van der Waals surface area contributed by atoms with Crippen molar-refractivity contribution in [1.82, 2.24) is 5.32 Å². The summed E-state index contributed by atoms with van der Waals surface area (Å²) in [5.74, 6) is -0.658. The van der Waals surface area contributed by atoms with Gasteiger partial charge in [0.15, 0.2) is 0 Å². The fraction of sp³-hybridized carbons (Fsp3) is 0.630. The number of esters is 1. The van der Waals surface area contributed by atoms with Crippen molar-refractivity contribution in [3.8, 4) is 0 Å². The van der Waals surface area contributed by atoms with Gasteiger partial charge in [-0.3, -0.25) is 14.6 Å². The first-order valence-electron chi connectivity index (χ1n) is 12.4. The van der Waals surface area contributed by atoms with E-state index in [0.717, 1.165) is 31.2 Å². The van der Waals surface area contributed by atoms with Crippen molar-refractivity contribution in [2.45, 2.75) is 92.2 Å². The minimum atomic E-state index is -0.642. The van der Waals surface area contributed by atoms with Gasteiger partial charge in [0.1, 0.15) is 18.2 Å². The highest BCUT2D eigenvalue weighted by Crippen LogP contribution is 2.30. The van der Waals surface area contributed by atoms with Crippen molar-refractivity contribution >= 4 is 29.2 Å². The minimum absolute atomic E-state index is 0.116. The Balaban J connectivity index is 2.37. The highest BCUT2D eigenvalue weighted by molar-refractivity contribution is 6.14. The lowest BCUT2D eigenvalue weighted by Crippen LogP contribution is -2.45. The third-order valence-electron chi connectivity index (χ3n) is 5.56. The number of aliphatic imine (C=N–C) groups is 1. The molecule has 7 heteroatoms. The molecule has 1 N–H and O–H groups in total. The lowest BCUT2D eigenvalue weighted by atomic mass is 10.0. The average molecular weight is 472 g/mol. The SMILES string of the molecule is CCCCCCNC(=O)CN1C(=O)[C@@H](CC(C)C)N=C(C)c2ccc(C(=O)OC(C)(C)C)cc21. The number of nitrogens with zero attached hydrogens (tertiary/aromatic N) is 2. The molecule has 0 saturated heterocycles. The van der Waals surface area contributed by atoms with Crippen molar-refractivity contribution in [2.24, 2.45) is 10.9 Å². The van der Waals surface area contributed by atoms with E-state index in [1.54, 1.807) is 18.2 Å². The van der Waals surface area contributed by atoms with Gasteiger partial charge in [-0.25, -0.2) is 4.79 Å². The number of hydrogen-bond acceptors (Lipinski definition) is 5. The number of anilines is 1. The molecule has 7 nitrogen and oxygen atoms in total. The molecule has 2 rings (SSSR count). The van der Waals surface area contributed by atoms with Gasteiger partial charge >= 0.3 is 5.97 Å². The maximum Gasteiger partial charge on any atom is 0.338 e. The molecule has 1 aliphatic rings. The Bertz CT molecular complexity index is 915. The zero-order valence-corrected chi connectivity index (χ0v) is 21.9. The van der Waals surface area contributed by atoms with E-state index in [4.69, 9.17) is 9.73 Å². The van der Waals surface area contributed by atoms with Gasteiger partial charge in [0.25, 0.3) is 5.91 Å². The van der Waals surface area contributed by atoms with Crippen molar-refractivity contribution in [1.29, 1.82) is 0 Å². The fourth-order valence-corrected chi connectivity index (χ4v) is 3.92. The number of carbonyl (C=O) groups excluding carboxylic acids is 3. The summed E-state index contributed by atoms with van der Waals surface area (Å²) < 4.78 is 5.52.